The van der Waals surface area contributed by atoms with E-state index in [2.05, 4.69) is 10.2 Å². The van der Waals surface area contributed by atoms with E-state index in [0.29, 0.717) is 13.1 Å². The van der Waals surface area contributed by atoms with Crippen molar-refractivity contribution in [2.45, 2.75) is 18.8 Å². The van der Waals surface area contributed by atoms with E-state index in [-0.39, 0.29) is 5.92 Å². The Morgan fingerprint density at radius 1 is 1.22 bits per heavy atom. The van der Waals surface area contributed by atoms with Crippen molar-refractivity contribution in [1.29, 1.82) is 0 Å². The number of aromatic nitrogens is 2. The van der Waals surface area contributed by atoms with Gasteiger partial charge < -0.3 is 4.74 Å². The van der Waals surface area contributed by atoms with Crippen LogP contribution in [0.25, 0.3) is 10.6 Å². The van der Waals surface area contributed by atoms with E-state index < -0.39 is 10.0 Å². The molecule has 0 N–H and O–H groups in total. The van der Waals surface area contributed by atoms with Crippen LogP contribution in [0, 0.1) is 0 Å². The molecule has 8 heteroatoms. The molecule has 0 aliphatic carbocycles. The van der Waals surface area contributed by atoms with Gasteiger partial charge >= 0.3 is 0 Å². The van der Waals surface area contributed by atoms with Crippen LogP contribution in [-0.4, -0.2) is 49.4 Å². The maximum atomic E-state index is 11.6. The molecule has 1 aliphatic rings. The summed E-state index contributed by atoms with van der Waals surface area (Å²) in [5.41, 5.74) is 0.937. The SMILES string of the molecule is COc1ccccc1-c1nnc(C2CCN(S(C)(=O)=O)CC2)s1. The number of rotatable bonds is 4. The Labute approximate surface area is 140 Å². The van der Waals surface area contributed by atoms with Crippen molar-refractivity contribution in [2.24, 2.45) is 0 Å². The van der Waals surface area contributed by atoms with E-state index in [1.54, 1.807) is 18.4 Å². The summed E-state index contributed by atoms with van der Waals surface area (Å²) in [6, 6.07) is 7.74. The van der Waals surface area contributed by atoms with E-state index in [4.69, 9.17) is 4.74 Å². The van der Waals surface area contributed by atoms with Crippen molar-refractivity contribution in [3.05, 3.63) is 29.3 Å². The van der Waals surface area contributed by atoms with Crippen molar-refractivity contribution in [3.63, 3.8) is 0 Å². The second-order valence-electron chi connectivity index (χ2n) is 5.58. The standard InChI is InChI=1S/C15H19N3O3S2/c1-21-13-6-4-3-5-12(13)15-17-16-14(22-15)11-7-9-18(10-8-11)23(2,19)20/h3-6,11H,7-10H2,1-2H3. The molecule has 1 aromatic heterocycles. The Balaban J connectivity index is 1.76. The molecule has 1 aromatic carbocycles. The molecule has 1 fully saturated rings. The molecule has 0 radical (unpaired) electrons. The molecular formula is C15H19N3O3S2. The largest absolute Gasteiger partial charge is 0.496 e. The van der Waals surface area contributed by atoms with Gasteiger partial charge in [-0.2, -0.15) is 0 Å². The Kier molecular flexibility index (Phi) is 4.65. The Morgan fingerprint density at radius 3 is 2.57 bits per heavy atom. The van der Waals surface area contributed by atoms with Gasteiger partial charge in [-0.15, -0.1) is 10.2 Å². The van der Waals surface area contributed by atoms with E-state index in [9.17, 15) is 8.42 Å². The molecule has 1 aliphatic heterocycles. The molecule has 2 aromatic rings. The Morgan fingerprint density at radius 2 is 1.91 bits per heavy atom. The lowest BCUT2D eigenvalue weighted by Crippen LogP contribution is -2.37. The number of methoxy groups -OCH3 is 1. The van der Waals surface area contributed by atoms with Gasteiger partial charge in [-0.3, -0.25) is 0 Å². The smallest absolute Gasteiger partial charge is 0.211 e. The molecule has 0 atom stereocenters. The van der Waals surface area contributed by atoms with E-state index in [1.807, 2.05) is 24.3 Å². The monoisotopic (exact) mass is 353 g/mol. The summed E-state index contributed by atoms with van der Waals surface area (Å²) in [5.74, 6) is 1.05. The molecule has 0 saturated carbocycles. The summed E-state index contributed by atoms with van der Waals surface area (Å²) < 4.78 is 30.1. The first kappa shape index (κ1) is 16.4. The highest BCUT2D eigenvalue weighted by molar-refractivity contribution is 7.88. The Hall–Kier alpha value is -1.51. The van der Waals surface area contributed by atoms with Crippen LogP contribution in [0.3, 0.4) is 0 Å². The van der Waals surface area contributed by atoms with Gasteiger partial charge in [0.25, 0.3) is 0 Å². The Bertz CT molecular complexity index is 781. The fraction of sp³-hybridized carbons (Fsp3) is 0.467. The topological polar surface area (TPSA) is 72.4 Å². The zero-order valence-corrected chi connectivity index (χ0v) is 14.7. The summed E-state index contributed by atoms with van der Waals surface area (Å²) in [4.78, 5) is 0. The summed E-state index contributed by atoms with van der Waals surface area (Å²) in [6.45, 7) is 1.10. The number of piperidine rings is 1. The minimum absolute atomic E-state index is 0.272. The van der Waals surface area contributed by atoms with Crippen molar-refractivity contribution < 1.29 is 13.2 Å². The van der Waals surface area contributed by atoms with Gasteiger partial charge in [-0.25, -0.2) is 12.7 Å². The molecule has 0 spiro atoms. The lowest BCUT2D eigenvalue weighted by molar-refractivity contribution is 0.320. The van der Waals surface area contributed by atoms with Gasteiger partial charge in [0, 0.05) is 19.0 Å². The van der Waals surface area contributed by atoms with E-state index in [1.165, 1.54) is 10.6 Å². The van der Waals surface area contributed by atoms with E-state index >= 15 is 0 Å². The van der Waals surface area contributed by atoms with Crippen LogP contribution in [0.2, 0.25) is 0 Å². The molecule has 6 nitrogen and oxygen atoms in total. The quantitative estimate of drug-likeness (QED) is 0.844. The zero-order chi connectivity index (χ0) is 16.4. The van der Waals surface area contributed by atoms with Crippen LogP contribution < -0.4 is 4.74 Å². The number of para-hydroxylation sites is 1. The highest BCUT2D eigenvalue weighted by Crippen LogP contribution is 2.36. The van der Waals surface area contributed by atoms with Crippen LogP contribution in [0.15, 0.2) is 24.3 Å². The third-order valence-electron chi connectivity index (χ3n) is 4.05. The number of nitrogens with zero attached hydrogens (tertiary/aromatic N) is 3. The van der Waals surface area contributed by atoms with Gasteiger partial charge in [0.15, 0.2) is 5.01 Å². The number of hydrogen-bond acceptors (Lipinski definition) is 6. The predicted octanol–water partition coefficient (Wildman–Crippen LogP) is 2.35. The lowest BCUT2D eigenvalue weighted by atomic mass is 9.99. The second-order valence-corrected chi connectivity index (χ2v) is 8.57. The lowest BCUT2D eigenvalue weighted by Gasteiger charge is -2.28. The van der Waals surface area contributed by atoms with Gasteiger partial charge in [0.2, 0.25) is 10.0 Å². The first-order valence-electron chi connectivity index (χ1n) is 7.41. The third kappa shape index (κ3) is 3.54. The highest BCUT2D eigenvalue weighted by Gasteiger charge is 2.28. The molecule has 0 unspecified atom stereocenters. The zero-order valence-electron chi connectivity index (χ0n) is 13.1. The van der Waals surface area contributed by atoms with Crippen molar-refractivity contribution in [3.8, 4) is 16.3 Å². The number of ether oxygens (including phenoxy) is 1. The van der Waals surface area contributed by atoms with Crippen LogP contribution in [-0.2, 0) is 10.0 Å². The molecule has 124 valence electrons. The van der Waals surface area contributed by atoms with Gasteiger partial charge in [-0.1, -0.05) is 23.5 Å². The highest BCUT2D eigenvalue weighted by atomic mass is 32.2. The fourth-order valence-electron chi connectivity index (χ4n) is 2.76. The van der Waals surface area contributed by atoms with E-state index in [0.717, 1.165) is 34.2 Å². The maximum absolute atomic E-state index is 11.6. The van der Waals surface area contributed by atoms with Crippen LogP contribution in [0.5, 0.6) is 5.75 Å². The predicted molar refractivity (Wildman–Crippen MR) is 90.3 cm³/mol. The van der Waals surface area contributed by atoms with Gasteiger partial charge in [-0.05, 0) is 25.0 Å². The van der Waals surface area contributed by atoms with Gasteiger partial charge in [0.05, 0.1) is 18.9 Å². The summed E-state index contributed by atoms with van der Waals surface area (Å²) in [6.07, 6.45) is 2.83. The molecule has 3 rings (SSSR count). The molecule has 0 amide bonds. The second kappa shape index (κ2) is 6.54. The fourth-order valence-corrected chi connectivity index (χ4v) is 4.68. The molecular weight excluding hydrogens is 334 g/mol. The average molecular weight is 353 g/mol. The van der Waals surface area contributed by atoms with Crippen LogP contribution in [0.4, 0.5) is 0 Å². The molecule has 1 saturated heterocycles. The van der Waals surface area contributed by atoms with Crippen LogP contribution >= 0.6 is 11.3 Å². The minimum Gasteiger partial charge on any atom is -0.496 e. The number of sulfonamides is 1. The maximum Gasteiger partial charge on any atom is 0.211 e. The van der Waals surface area contributed by atoms with Crippen molar-refractivity contribution in [2.75, 3.05) is 26.5 Å². The van der Waals surface area contributed by atoms with Crippen molar-refractivity contribution >= 4 is 21.4 Å². The summed E-state index contributed by atoms with van der Waals surface area (Å²) >= 11 is 1.56. The molecule has 23 heavy (non-hydrogen) atoms. The minimum atomic E-state index is -3.09. The first-order chi connectivity index (χ1) is 11.0. The normalized spacial score (nSPS) is 17.3. The molecule has 2 heterocycles. The van der Waals surface area contributed by atoms with Gasteiger partial charge in [0.1, 0.15) is 10.8 Å². The van der Waals surface area contributed by atoms with Crippen LogP contribution in [0.1, 0.15) is 23.8 Å². The average Bonchev–Trinajstić information content (AvgIpc) is 3.04. The summed E-state index contributed by atoms with van der Waals surface area (Å²) in [7, 11) is -1.45. The molecule has 0 bridgehead atoms. The first-order valence-corrected chi connectivity index (χ1v) is 10.1. The van der Waals surface area contributed by atoms with Crippen molar-refractivity contribution in [1.82, 2.24) is 14.5 Å². The number of benzene rings is 1. The number of hydrogen-bond donors (Lipinski definition) is 0. The third-order valence-corrected chi connectivity index (χ3v) is 6.47. The summed E-state index contributed by atoms with van der Waals surface area (Å²) in [5, 5.41) is 10.4.